The third-order valence-electron chi connectivity index (χ3n) is 4.91. The number of aryl methyl sites for hydroxylation is 1. The quantitative estimate of drug-likeness (QED) is 0.856. The molecule has 7 heteroatoms. The minimum Gasteiger partial charge on any atom is -0.481 e. The highest BCUT2D eigenvalue weighted by Crippen LogP contribution is 2.37. The monoisotopic (exact) mass is 357 g/mol. The van der Waals surface area contributed by atoms with Crippen molar-refractivity contribution in [2.75, 3.05) is 7.11 Å². The van der Waals surface area contributed by atoms with Gasteiger partial charge in [-0.3, -0.25) is 9.59 Å². The lowest BCUT2D eigenvalue weighted by atomic mass is 9.87. The van der Waals surface area contributed by atoms with Gasteiger partial charge in [0.2, 0.25) is 5.91 Å². The number of carboxylic acid groups (broad SMARTS) is 1. The second kappa shape index (κ2) is 7.70. The second-order valence-electron chi connectivity index (χ2n) is 6.55. The number of imidazole rings is 1. The fourth-order valence-corrected chi connectivity index (χ4v) is 3.57. The van der Waals surface area contributed by atoms with Crippen molar-refractivity contribution in [2.45, 2.75) is 32.0 Å². The van der Waals surface area contributed by atoms with Gasteiger partial charge in [0.1, 0.15) is 11.9 Å². The molecule has 0 radical (unpaired) electrons. The van der Waals surface area contributed by atoms with Crippen LogP contribution in [0.2, 0.25) is 0 Å². The smallest absolute Gasteiger partial charge is 0.309 e. The Bertz CT molecular complexity index is 802. The molecule has 2 atom stereocenters. The predicted octanol–water partition coefficient (Wildman–Crippen LogP) is 2.13. The summed E-state index contributed by atoms with van der Waals surface area (Å²) < 4.78 is 7.03. The molecular weight excluding hydrogens is 334 g/mol. The van der Waals surface area contributed by atoms with Gasteiger partial charge in [0.25, 0.3) is 0 Å². The molecule has 7 nitrogen and oxygen atoms in total. The molecule has 1 amide bonds. The van der Waals surface area contributed by atoms with Crippen LogP contribution in [0.15, 0.2) is 36.7 Å². The topological polar surface area (TPSA) is 84.7 Å². The predicted molar refractivity (Wildman–Crippen MR) is 94.0 cm³/mol. The summed E-state index contributed by atoms with van der Waals surface area (Å²) in [6.07, 6.45) is 3.95. The van der Waals surface area contributed by atoms with Gasteiger partial charge in [-0.2, -0.15) is 0 Å². The van der Waals surface area contributed by atoms with E-state index in [1.807, 2.05) is 31.3 Å². The average Bonchev–Trinajstić information content (AvgIpc) is 3.03. The summed E-state index contributed by atoms with van der Waals surface area (Å²) in [4.78, 5) is 30.6. The molecule has 1 aliphatic heterocycles. The maximum absolute atomic E-state index is 12.7. The molecule has 0 aliphatic carbocycles. The molecule has 0 bridgehead atoms. The summed E-state index contributed by atoms with van der Waals surface area (Å²) in [6, 6.07) is 7.14. The first-order valence-electron chi connectivity index (χ1n) is 8.58. The largest absolute Gasteiger partial charge is 0.481 e. The van der Waals surface area contributed by atoms with E-state index in [4.69, 9.17) is 4.74 Å². The molecule has 1 aromatic heterocycles. The van der Waals surface area contributed by atoms with Crippen LogP contribution < -0.4 is 0 Å². The number of methoxy groups -OCH3 is 1. The summed E-state index contributed by atoms with van der Waals surface area (Å²) in [5, 5.41) is 9.71. The number of piperidine rings is 1. The number of hydrogen-bond acceptors (Lipinski definition) is 4. The van der Waals surface area contributed by atoms with Gasteiger partial charge in [0, 0.05) is 39.5 Å². The molecule has 0 spiro atoms. The van der Waals surface area contributed by atoms with E-state index in [1.165, 1.54) is 0 Å². The summed E-state index contributed by atoms with van der Waals surface area (Å²) in [5.41, 5.74) is 1.94. The standard InChI is InChI=1S/C19H23N3O4/c1-21-10-9-20-18(21)17-15(19(24)25)7-8-16(23)22(17)11-13-5-3-4-6-14(13)12-26-2/h3-6,9-10,15,17H,7-8,11-12H2,1-2H3,(H,24,25)/t15-,17-/m0/s1. The number of hydrogen-bond donors (Lipinski definition) is 1. The van der Waals surface area contributed by atoms with Crippen molar-refractivity contribution in [3.8, 4) is 0 Å². The van der Waals surface area contributed by atoms with Crippen LogP contribution in [0.3, 0.4) is 0 Å². The van der Waals surface area contributed by atoms with Gasteiger partial charge in [-0.25, -0.2) is 4.98 Å². The van der Waals surface area contributed by atoms with E-state index < -0.39 is 17.9 Å². The van der Waals surface area contributed by atoms with E-state index in [9.17, 15) is 14.7 Å². The highest BCUT2D eigenvalue weighted by Gasteiger charge is 2.42. The molecule has 0 unspecified atom stereocenters. The van der Waals surface area contributed by atoms with Crippen LogP contribution in [0.25, 0.3) is 0 Å². The maximum Gasteiger partial charge on any atom is 0.309 e. The third-order valence-corrected chi connectivity index (χ3v) is 4.91. The Hall–Kier alpha value is -2.67. The number of aromatic nitrogens is 2. The number of amides is 1. The number of aliphatic carboxylic acids is 1. The zero-order valence-corrected chi connectivity index (χ0v) is 15.0. The number of rotatable bonds is 6. The molecule has 1 fully saturated rings. The van der Waals surface area contributed by atoms with Gasteiger partial charge in [-0.15, -0.1) is 0 Å². The minimum absolute atomic E-state index is 0.0530. The molecule has 26 heavy (non-hydrogen) atoms. The number of carbonyl (C=O) groups is 2. The third kappa shape index (κ3) is 3.48. The van der Waals surface area contributed by atoms with Crippen molar-refractivity contribution in [3.63, 3.8) is 0 Å². The van der Waals surface area contributed by atoms with Crippen molar-refractivity contribution in [3.05, 3.63) is 53.6 Å². The molecule has 0 saturated carbocycles. The molecule has 138 valence electrons. The Morgan fingerprint density at radius 1 is 1.35 bits per heavy atom. The van der Waals surface area contributed by atoms with E-state index in [0.717, 1.165) is 11.1 Å². The molecular formula is C19H23N3O4. The highest BCUT2D eigenvalue weighted by atomic mass is 16.5. The van der Waals surface area contributed by atoms with E-state index in [1.54, 1.807) is 29.0 Å². The van der Waals surface area contributed by atoms with Crippen molar-refractivity contribution in [2.24, 2.45) is 13.0 Å². The summed E-state index contributed by atoms with van der Waals surface area (Å²) in [7, 11) is 3.44. The van der Waals surface area contributed by atoms with Crippen molar-refractivity contribution in [1.82, 2.24) is 14.5 Å². The average molecular weight is 357 g/mol. The van der Waals surface area contributed by atoms with E-state index >= 15 is 0 Å². The summed E-state index contributed by atoms with van der Waals surface area (Å²) in [6.45, 7) is 0.771. The lowest BCUT2D eigenvalue weighted by Crippen LogP contribution is -2.46. The SMILES string of the molecule is COCc1ccccc1CN1C(=O)CC[C@H](C(=O)O)[C@H]1c1nccn1C. The number of nitrogens with zero attached hydrogens (tertiary/aromatic N) is 3. The fourth-order valence-electron chi connectivity index (χ4n) is 3.57. The Labute approximate surface area is 152 Å². The fraction of sp³-hybridized carbons (Fsp3) is 0.421. The van der Waals surface area contributed by atoms with Gasteiger partial charge in [0.05, 0.1) is 12.5 Å². The summed E-state index contributed by atoms with van der Waals surface area (Å²) >= 11 is 0. The molecule has 1 aromatic carbocycles. The van der Waals surface area contributed by atoms with Crippen LogP contribution in [0.5, 0.6) is 0 Å². The lowest BCUT2D eigenvalue weighted by molar-refractivity contribution is -0.153. The highest BCUT2D eigenvalue weighted by molar-refractivity contribution is 5.81. The van der Waals surface area contributed by atoms with Crippen molar-refractivity contribution in [1.29, 1.82) is 0 Å². The van der Waals surface area contributed by atoms with E-state index in [-0.39, 0.29) is 12.3 Å². The molecule has 1 saturated heterocycles. The van der Waals surface area contributed by atoms with Crippen LogP contribution in [0.4, 0.5) is 0 Å². The first kappa shape index (κ1) is 18.1. The zero-order valence-electron chi connectivity index (χ0n) is 15.0. The van der Waals surface area contributed by atoms with Crippen LogP contribution in [-0.4, -0.2) is 38.5 Å². The number of carbonyl (C=O) groups excluding carboxylic acids is 1. The second-order valence-corrected chi connectivity index (χ2v) is 6.55. The summed E-state index contributed by atoms with van der Waals surface area (Å²) in [5.74, 6) is -1.04. The Morgan fingerprint density at radius 3 is 2.69 bits per heavy atom. The normalized spacial score (nSPS) is 20.4. The van der Waals surface area contributed by atoms with Gasteiger partial charge >= 0.3 is 5.97 Å². The van der Waals surface area contributed by atoms with Crippen LogP contribution in [0.1, 0.15) is 35.8 Å². The van der Waals surface area contributed by atoms with Gasteiger partial charge in [0.15, 0.2) is 0 Å². The number of benzene rings is 1. The number of likely N-dealkylation sites (tertiary alicyclic amines) is 1. The van der Waals surface area contributed by atoms with Crippen LogP contribution in [-0.2, 0) is 34.5 Å². The van der Waals surface area contributed by atoms with Gasteiger partial charge < -0.3 is 19.3 Å². The maximum atomic E-state index is 12.7. The number of carboxylic acids is 1. The molecule has 2 aromatic rings. The lowest BCUT2D eigenvalue weighted by Gasteiger charge is -2.39. The number of ether oxygens (including phenoxy) is 1. The minimum atomic E-state index is -0.902. The Balaban J connectivity index is 2.00. The molecule has 1 N–H and O–H groups in total. The zero-order chi connectivity index (χ0) is 18.7. The van der Waals surface area contributed by atoms with Crippen LogP contribution >= 0.6 is 0 Å². The van der Waals surface area contributed by atoms with Crippen molar-refractivity contribution < 1.29 is 19.4 Å². The van der Waals surface area contributed by atoms with Crippen molar-refractivity contribution >= 4 is 11.9 Å². The van der Waals surface area contributed by atoms with Gasteiger partial charge in [-0.05, 0) is 17.5 Å². The molecule has 1 aliphatic rings. The molecule has 2 heterocycles. The van der Waals surface area contributed by atoms with E-state index in [2.05, 4.69) is 4.98 Å². The first-order valence-corrected chi connectivity index (χ1v) is 8.58. The Kier molecular flexibility index (Phi) is 5.37. The first-order chi connectivity index (χ1) is 12.5. The van der Waals surface area contributed by atoms with E-state index in [0.29, 0.717) is 25.4 Å². The van der Waals surface area contributed by atoms with Gasteiger partial charge in [-0.1, -0.05) is 24.3 Å². The van der Waals surface area contributed by atoms with Crippen LogP contribution in [0, 0.1) is 5.92 Å². The molecule has 3 rings (SSSR count). The Morgan fingerprint density at radius 2 is 2.08 bits per heavy atom.